The van der Waals surface area contributed by atoms with Crippen LogP contribution >= 0.6 is 0 Å². The first kappa shape index (κ1) is 20.8. The second-order valence-corrected chi connectivity index (χ2v) is 6.92. The predicted octanol–water partition coefficient (Wildman–Crippen LogP) is 2.85. The Balaban J connectivity index is 2.23. The highest BCUT2D eigenvalue weighted by Crippen LogP contribution is 2.26. The Bertz CT molecular complexity index is 960. The van der Waals surface area contributed by atoms with E-state index in [2.05, 4.69) is 11.4 Å². The molecule has 0 unspecified atom stereocenters. The van der Waals surface area contributed by atoms with Crippen molar-refractivity contribution in [1.82, 2.24) is 9.88 Å². The standard InChI is InChI=1S/C20H22N4O4/c1-12(2)20(5,11-22)23-17(25)14(4)28-19(26)16-13(3)27-18(15(16)10-21)24-8-6-7-9-24/h6-9,12,14H,1-5H3,(H,23,25)/t14-,20-/m0/s1. The van der Waals surface area contributed by atoms with Crippen molar-refractivity contribution in [2.75, 3.05) is 0 Å². The van der Waals surface area contributed by atoms with Gasteiger partial charge in [-0.25, -0.2) is 4.79 Å². The van der Waals surface area contributed by atoms with Crippen molar-refractivity contribution in [1.29, 1.82) is 10.5 Å². The second kappa shape index (κ2) is 8.01. The summed E-state index contributed by atoms with van der Waals surface area (Å²) in [5, 5.41) is 21.4. The molecule has 0 aromatic carbocycles. The zero-order chi connectivity index (χ0) is 21.1. The largest absolute Gasteiger partial charge is 0.449 e. The van der Waals surface area contributed by atoms with E-state index in [1.807, 2.05) is 6.07 Å². The number of hydrogen-bond donors (Lipinski definition) is 1. The molecule has 146 valence electrons. The lowest BCUT2D eigenvalue weighted by molar-refractivity contribution is -0.130. The highest BCUT2D eigenvalue weighted by Gasteiger charge is 2.34. The van der Waals surface area contributed by atoms with Crippen molar-refractivity contribution in [2.24, 2.45) is 5.92 Å². The lowest BCUT2D eigenvalue weighted by Gasteiger charge is -2.28. The molecule has 0 aliphatic rings. The fraction of sp³-hybridized carbons (Fsp3) is 0.400. The second-order valence-electron chi connectivity index (χ2n) is 6.92. The number of esters is 1. The molecule has 2 rings (SSSR count). The number of nitriles is 2. The predicted molar refractivity (Wildman–Crippen MR) is 99.4 cm³/mol. The summed E-state index contributed by atoms with van der Waals surface area (Å²) >= 11 is 0. The van der Waals surface area contributed by atoms with Crippen LogP contribution in [-0.4, -0.2) is 28.1 Å². The third-order valence-electron chi connectivity index (χ3n) is 4.64. The van der Waals surface area contributed by atoms with Crippen LogP contribution in [0.5, 0.6) is 0 Å². The van der Waals surface area contributed by atoms with Gasteiger partial charge in [0.15, 0.2) is 6.10 Å². The van der Waals surface area contributed by atoms with Gasteiger partial charge < -0.3 is 14.5 Å². The molecule has 0 saturated carbocycles. The third-order valence-corrected chi connectivity index (χ3v) is 4.64. The Labute approximate surface area is 163 Å². The average molecular weight is 382 g/mol. The maximum absolute atomic E-state index is 12.6. The van der Waals surface area contributed by atoms with Crippen molar-refractivity contribution in [3.63, 3.8) is 0 Å². The van der Waals surface area contributed by atoms with E-state index in [0.717, 1.165) is 0 Å². The maximum Gasteiger partial charge on any atom is 0.343 e. The minimum Gasteiger partial charge on any atom is -0.449 e. The summed E-state index contributed by atoms with van der Waals surface area (Å²) in [6.45, 7) is 8.15. The van der Waals surface area contributed by atoms with E-state index >= 15 is 0 Å². The molecule has 0 fully saturated rings. The van der Waals surface area contributed by atoms with Crippen LogP contribution in [0.4, 0.5) is 0 Å². The maximum atomic E-state index is 12.6. The zero-order valence-electron chi connectivity index (χ0n) is 16.4. The number of nitrogens with zero attached hydrogens (tertiary/aromatic N) is 3. The summed E-state index contributed by atoms with van der Waals surface area (Å²) < 4.78 is 12.4. The number of aryl methyl sites for hydroxylation is 1. The van der Waals surface area contributed by atoms with E-state index < -0.39 is 23.5 Å². The lowest BCUT2D eigenvalue weighted by atomic mass is 9.90. The van der Waals surface area contributed by atoms with Gasteiger partial charge in [0, 0.05) is 12.4 Å². The van der Waals surface area contributed by atoms with E-state index in [-0.39, 0.29) is 28.7 Å². The van der Waals surface area contributed by atoms with Gasteiger partial charge in [-0.15, -0.1) is 0 Å². The molecular weight excluding hydrogens is 360 g/mol. The molecule has 1 amide bonds. The van der Waals surface area contributed by atoms with Crippen LogP contribution in [0.25, 0.3) is 5.88 Å². The van der Waals surface area contributed by atoms with Gasteiger partial charge in [-0.3, -0.25) is 9.36 Å². The molecule has 2 aromatic heterocycles. The average Bonchev–Trinajstić information content (AvgIpc) is 3.28. The lowest BCUT2D eigenvalue weighted by Crippen LogP contribution is -2.52. The number of furan rings is 1. The normalized spacial score (nSPS) is 13.9. The number of nitrogens with one attached hydrogen (secondary N) is 1. The smallest absolute Gasteiger partial charge is 0.343 e. The molecule has 8 heteroatoms. The summed E-state index contributed by atoms with van der Waals surface area (Å²) in [7, 11) is 0. The van der Waals surface area contributed by atoms with E-state index in [9.17, 15) is 20.1 Å². The zero-order valence-corrected chi connectivity index (χ0v) is 16.4. The first-order chi connectivity index (χ1) is 13.1. The number of aromatic nitrogens is 1. The number of rotatable bonds is 6. The van der Waals surface area contributed by atoms with Gasteiger partial charge in [0.25, 0.3) is 5.91 Å². The van der Waals surface area contributed by atoms with Crippen molar-refractivity contribution >= 4 is 11.9 Å². The molecule has 2 atom stereocenters. The first-order valence-electron chi connectivity index (χ1n) is 8.75. The Morgan fingerprint density at radius 3 is 2.36 bits per heavy atom. The summed E-state index contributed by atoms with van der Waals surface area (Å²) in [5.74, 6) is -1.18. The van der Waals surface area contributed by atoms with Gasteiger partial charge in [-0.2, -0.15) is 10.5 Å². The molecule has 0 aliphatic heterocycles. The van der Waals surface area contributed by atoms with E-state index in [1.165, 1.54) is 6.92 Å². The monoisotopic (exact) mass is 382 g/mol. The van der Waals surface area contributed by atoms with Crippen LogP contribution in [0.15, 0.2) is 28.9 Å². The number of amides is 1. The molecule has 1 N–H and O–H groups in total. The first-order valence-corrected chi connectivity index (χ1v) is 8.75. The minimum absolute atomic E-state index is 0.0235. The van der Waals surface area contributed by atoms with Gasteiger partial charge in [-0.05, 0) is 38.8 Å². The number of ether oxygens (including phenoxy) is 1. The summed E-state index contributed by atoms with van der Waals surface area (Å²) in [4.78, 5) is 25.0. The van der Waals surface area contributed by atoms with Crippen molar-refractivity contribution in [2.45, 2.75) is 46.3 Å². The molecule has 0 radical (unpaired) electrons. The van der Waals surface area contributed by atoms with Gasteiger partial charge in [-0.1, -0.05) is 13.8 Å². The summed E-state index contributed by atoms with van der Waals surface area (Å²) in [6, 6.07) is 7.53. The third kappa shape index (κ3) is 3.91. The molecular formula is C20H22N4O4. The fourth-order valence-electron chi connectivity index (χ4n) is 2.46. The Kier molecular flexibility index (Phi) is 5.95. The molecule has 0 saturated heterocycles. The molecule has 2 heterocycles. The quantitative estimate of drug-likeness (QED) is 0.767. The highest BCUT2D eigenvalue weighted by atomic mass is 16.5. The van der Waals surface area contributed by atoms with Crippen LogP contribution in [-0.2, 0) is 9.53 Å². The molecule has 8 nitrogen and oxygen atoms in total. The fourth-order valence-corrected chi connectivity index (χ4v) is 2.46. The van der Waals surface area contributed by atoms with E-state index in [0.29, 0.717) is 0 Å². The Morgan fingerprint density at radius 2 is 1.86 bits per heavy atom. The SMILES string of the molecule is Cc1oc(-n2cccc2)c(C#N)c1C(=O)O[C@@H](C)C(=O)N[C@@](C)(C#N)C(C)C. The van der Waals surface area contributed by atoms with Gasteiger partial charge in [0.2, 0.25) is 5.88 Å². The molecule has 0 aliphatic carbocycles. The molecule has 0 bridgehead atoms. The summed E-state index contributed by atoms with van der Waals surface area (Å²) in [5.41, 5.74) is -1.10. The Morgan fingerprint density at radius 1 is 1.25 bits per heavy atom. The Hall–Kier alpha value is -3.52. The molecule has 2 aromatic rings. The highest BCUT2D eigenvalue weighted by molar-refractivity contribution is 5.96. The van der Waals surface area contributed by atoms with Gasteiger partial charge in [0.1, 0.15) is 28.5 Å². The van der Waals surface area contributed by atoms with E-state index in [4.69, 9.17) is 9.15 Å². The van der Waals surface area contributed by atoms with Crippen LogP contribution in [0.2, 0.25) is 0 Å². The topological polar surface area (TPSA) is 121 Å². The molecule has 0 spiro atoms. The van der Waals surface area contributed by atoms with Crippen molar-refractivity contribution < 1.29 is 18.7 Å². The van der Waals surface area contributed by atoms with Crippen LogP contribution in [0, 0.1) is 35.5 Å². The van der Waals surface area contributed by atoms with Gasteiger partial charge >= 0.3 is 5.97 Å². The number of hydrogen-bond acceptors (Lipinski definition) is 6. The number of carbonyl (C=O) groups is 2. The van der Waals surface area contributed by atoms with Crippen molar-refractivity contribution in [3.8, 4) is 18.0 Å². The van der Waals surface area contributed by atoms with Crippen LogP contribution in [0.1, 0.15) is 49.4 Å². The number of carbonyl (C=O) groups excluding carboxylic acids is 2. The van der Waals surface area contributed by atoms with Gasteiger partial charge in [0.05, 0.1) is 6.07 Å². The minimum atomic E-state index is -1.16. The molecule has 28 heavy (non-hydrogen) atoms. The van der Waals surface area contributed by atoms with Crippen LogP contribution < -0.4 is 5.32 Å². The van der Waals surface area contributed by atoms with E-state index in [1.54, 1.807) is 56.8 Å². The van der Waals surface area contributed by atoms with Crippen molar-refractivity contribution in [3.05, 3.63) is 41.4 Å². The van der Waals surface area contributed by atoms with Crippen LogP contribution in [0.3, 0.4) is 0 Å². The summed E-state index contributed by atoms with van der Waals surface area (Å²) in [6.07, 6.45) is 2.20.